The van der Waals surface area contributed by atoms with E-state index in [2.05, 4.69) is 37.6 Å². The molecule has 12 nitrogen and oxygen atoms in total. The first-order chi connectivity index (χ1) is 28.7. The average molecular weight is 852 g/mol. The van der Waals surface area contributed by atoms with Crippen LogP contribution in [0.3, 0.4) is 0 Å². The number of aliphatic hydroxyl groups is 1. The van der Waals surface area contributed by atoms with Crippen molar-refractivity contribution in [2.24, 2.45) is 13.0 Å². The summed E-state index contributed by atoms with van der Waals surface area (Å²) in [5.41, 5.74) is -3.00. The van der Waals surface area contributed by atoms with Gasteiger partial charge in [-0.3, -0.25) is 19.5 Å². The molecule has 1 saturated heterocycles. The minimum Gasteiger partial charge on any atom is -0.378 e. The predicted molar refractivity (Wildman–Crippen MR) is 208 cm³/mol. The second-order valence-corrected chi connectivity index (χ2v) is 16.3. The van der Waals surface area contributed by atoms with Gasteiger partial charge in [-0.25, -0.2) is 18.6 Å². The fourth-order valence-corrected chi connectivity index (χ4v) is 8.24. The number of alkyl halides is 5. The van der Waals surface area contributed by atoms with Crippen molar-refractivity contribution < 1.29 is 45.4 Å². The Morgan fingerprint density at radius 2 is 1.69 bits per heavy atom. The Morgan fingerprint density at radius 3 is 2.36 bits per heavy atom. The summed E-state index contributed by atoms with van der Waals surface area (Å²) >= 11 is 0. The molecule has 3 atom stereocenters. The van der Waals surface area contributed by atoms with Crippen molar-refractivity contribution in [3.05, 3.63) is 94.1 Å². The summed E-state index contributed by atoms with van der Waals surface area (Å²) < 4.78 is 104. The zero-order chi connectivity index (χ0) is 43.8. The second-order valence-electron chi connectivity index (χ2n) is 16.3. The molecule has 8 rings (SSSR count). The van der Waals surface area contributed by atoms with Crippen LogP contribution in [0.4, 0.5) is 41.3 Å². The van der Waals surface area contributed by atoms with Gasteiger partial charge in [-0.15, -0.1) is 0 Å². The lowest BCUT2D eigenvalue weighted by molar-refractivity contribution is -0.142. The molecule has 5 aromatic rings. The number of aryl methyl sites for hydroxylation is 1. The minimum atomic E-state index is -5.06. The number of pyridine rings is 1. The van der Waals surface area contributed by atoms with Crippen LogP contribution in [0, 0.1) is 29.4 Å². The fourth-order valence-electron chi connectivity index (χ4n) is 8.24. The van der Waals surface area contributed by atoms with Crippen molar-refractivity contribution >= 4 is 28.7 Å². The van der Waals surface area contributed by atoms with Gasteiger partial charge in [0.15, 0.2) is 11.5 Å². The summed E-state index contributed by atoms with van der Waals surface area (Å²) in [6.45, 7) is 4.24. The SMILES string of the molecule is CN1CCN(C(=O)Nc2nn(C)c3c(-c4ccc(C#CC(C)(C)O)nc4[C@H](Cc4cc(F)cc(F)c4)NC(=O)Cn4nc(C(F)(F)F)c5c4C(F)(F)[C@@H]4C[C@H]54)cccc23)CC1. The summed E-state index contributed by atoms with van der Waals surface area (Å²) in [4.78, 5) is 35.9. The molecule has 2 aromatic carbocycles. The summed E-state index contributed by atoms with van der Waals surface area (Å²) in [7, 11) is 3.62. The van der Waals surface area contributed by atoms with Crippen LogP contribution >= 0.6 is 0 Å². The summed E-state index contributed by atoms with van der Waals surface area (Å²) in [5.74, 6) is -3.25. The molecule has 19 heteroatoms. The number of aromatic nitrogens is 5. The predicted octanol–water partition coefficient (Wildman–Crippen LogP) is 6.34. The highest BCUT2D eigenvalue weighted by Gasteiger charge is 2.68. The lowest BCUT2D eigenvalue weighted by Gasteiger charge is -2.32. The number of anilines is 1. The molecule has 320 valence electrons. The molecular formula is C42H40F7N9O3. The van der Waals surface area contributed by atoms with Gasteiger partial charge in [0.1, 0.15) is 35.2 Å². The van der Waals surface area contributed by atoms with Crippen LogP contribution in [-0.2, 0) is 36.9 Å². The number of benzene rings is 2. The molecule has 2 aliphatic carbocycles. The molecule has 2 fully saturated rings. The number of halogens is 7. The number of hydrogen-bond donors (Lipinski definition) is 3. The first-order valence-corrected chi connectivity index (χ1v) is 19.5. The maximum absolute atomic E-state index is 15.5. The molecule has 3 amide bonds. The van der Waals surface area contributed by atoms with E-state index in [0.717, 1.165) is 12.1 Å². The zero-order valence-electron chi connectivity index (χ0n) is 33.3. The zero-order valence-corrected chi connectivity index (χ0v) is 33.3. The molecule has 3 aromatic heterocycles. The van der Waals surface area contributed by atoms with Crippen LogP contribution in [0.25, 0.3) is 22.0 Å². The number of piperazine rings is 1. The Hall–Kier alpha value is -6.00. The highest BCUT2D eigenvalue weighted by molar-refractivity contribution is 6.04. The van der Waals surface area contributed by atoms with Gasteiger partial charge >= 0.3 is 12.2 Å². The molecule has 4 heterocycles. The van der Waals surface area contributed by atoms with Gasteiger partial charge in [0.25, 0.3) is 5.92 Å². The number of rotatable bonds is 8. The van der Waals surface area contributed by atoms with Crippen molar-refractivity contribution in [1.29, 1.82) is 0 Å². The fraction of sp³-hybridized carbons (Fsp3) is 0.405. The number of carbonyl (C=O) groups excluding carboxylic acids is 2. The van der Waals surface area contributed by atoms with Gasteiger partial charge < -0.3 is 20.2 Å². The number of fused-ring (bicyclic) bond motifs is 4. The van der Waals surface area contributed by atoms with E-state index < -0.39 is 76.6 Å². The van der Waals surface area contributed by atoms with Gasteiger partial charge in [0, 0.05) is 67.3 Å². The Labute approximate surface area is 344 Å². The molecule has 0 bridgehead atoms. The van der Waals surface area contributed by atoms with E-state index >= 15 is 8.78 Å². The molecule has 1 aliphatic heterocycles. The van der Waals surface area contributed by atoms with Gasteiger partial charge in [-0.2, -0.15) is 32.1 Å². The molecule has 3 N–H and O–H groups in total. The molecule has 61 heavy (non-hydrogen) atoms. The lowest BCUT2D eigenvalue weighted by Crippen LogP contribution is -2.48. The first-order valence-electron chi connectivity index (χ1n) is 19.5. The topological polar surface area (TPSA) is 133 Å². The van der Waals surface area contributed by atoms with Crippen molar-refractivity contribution in [3.63, 3.8) is 0 Å². The van der Waals surface area contributed by atoms with Gasteiger partial charge in [0.2, 0.25) is 5.91 Å². The van der Waals surface area contributed by atoms with Crippen LogP contribution < -0.4 is 10.6 Å². The third-order valence-corrected chi connectivity index (χ3v) is 11.1. The third-order valence-electron chi connectivity index (χ3n) is 11.1. The van der Waals surface area contributed by atoms with E-state index in [-0.39, 0.29) is 41.6 Å². The number of amides is 3. The van der Waals surface area contributed by atoms with E-state index in [9.17, 15) is 36.6 Å². The quantitative estimate of drug-likeness (QED) is 0.123. The van der Waals surface area contributed by atoms with Crippen LogP contribution in [0.1, 0.15) is 66.1 Å². The Bertz CT molecular complexity index is 2610. The van der Waals surface area contributed by atoms with Crippen molar-refractivity contribution in [2.45, 2.75) is 62.9 Å². The lowest BCUT2D eigenvalue weighted by atomic mass is 9.93. The van der Waals surface area contributed by atoms with Crippen LogP contribution in [0.2, 0.25) is 0 Å². The molecular weight excluding hydrogens is 812 g/mol. The summed E-state index contributed by atoms with van der Waals surface area (Å²) in [5, 5.41) is 24.6. The Kier molecular flexibility index (Phi) is 10.4. The normalized spacial score (nSPS) is 18.9. The number of nitrogens with zero attached hydrogens (tertiary/aromatic N) is 7. The van der Waals surface area contributed by atoms with Crippen LogP contribution in [0.5, 0.6) is 0 Å². The third kappa shape index (κ3) is 8.25. The molecule has 0 radical (unpaired) electrons. The van der Waals surface area contributed by atoms with Gasteiger partial charge in [0.05, 0.1) is 17.3 Å². The number of likely N-dealkylation sites (N-methyl/N-ethyl adjacent to an activating group) is 1. The molecule has 0 spiro atoms. The smallest absolute Gasteiger partial charge is 0.378 e. The summed E-state index contributed by atoms with van der Waals surface area (Å²) in [6, 6.07) is 9.36. The maximum Gasteiger partial charge on any atom is 0.435 e. The van der Waals surface area contributed by atoms with Crippen LogP contribution in [-0.4, -0.2) is 90.2 Å². The summed E-state index contributed by atoms with van der Waals surface area (Å²) in [6.07, 6.45) is -5.55. The van der Waals surface area contributed by atoms with E-state index in [1.165, 1.54) is 18.5 Å². The van der Waals surface area contributed by atoms with Gasteiger partial charge in [-0.05, 0) is 81.5 Å². The van der Waals surface area contributed by atoms with E-state index in [1.807, 2.05) is 7.05 Å². The largest absolute Gasteiger partial charge is 0.435 e. The molecule has 0 unspecified atom stereocenters. The van der Waals surface area contributed by atoms with Crippen LogP contribution in [0.15, 0.2) is 48.5 Å². The van der Waals surface area contributed by atoms with Crippen molar-refractivity contribution in [3.8, 4) is 23.0 Å². The number of carbonyl (C=O) groups is 2. The van der Waals surface area contributed by atoms with Gasteiger partial charge in [-0.1, -0.05) is 18.1 Å². The Morgan fingerprint density at radius 1 is 0.984 bits per heavy atom. The average Bonchev–Trinajstić information content (AvgIpc) is 3.72. The minimum absolute atomic E-state index is 0.0436. The van der Waals surface area contributed by atoms with E-state index in [0.29, 0.717) is 59.0 Å². The highest BCUT2D eigenvalue weighted by atomic mass is 19.4. The standard InChI is InChI=1S/C42H40F7N9O3/c1-40(2,61)11-10-25-8-9-26(27-6-5-7-28-35(27)56(4)54-38(28)52-39(60)57-14-12-55(3)13-15-57)34(50-25)31(18-22-16-23(43)19-24(44)17-22)51-32(59)21-58-37-33(36(53-58)42(47,48)49)29-20-30(29)41(37,45)46/h5-9,16-17,19,29-31,61H,12-15,18,20-21H2,1-4H3,(H,51,59)(H,52,54,60)/t29-,30+,31-/m0/s1. The number of urea groups is 1. The van der Waals surface area contributed by atoms with Crippen molar-refractivity contribution in [1.82, 2.24) is 39.7 Å². The van der Waals surface area contributed by atoms with Crippen molar-refractivity contribution in [2.75, 3.05) is 38.5 Å². The van der Waals surface area contributed by atoms with E-state index in [1.54, 1.807) is 42.3 Å². The van der Waals surface area contributed by atoms with E-state index in [4.69, 9.17) is 4.98 Å². The molecule has 3 aliphatic rings. The maximum atomic E-state index is 15.5. The number of hydrogen-bond acceptors (Lipinski definition) is 7. The Balaban J connectivity index is 1.22. The number of para-hydroxylation sites is 1. The highest BCUT2D eigenvalue weighted by Crippen LogP contribution is 2.68. The second kappa shape index (κ2) is 15.2. The monoisotopic (exact) mass is 851 g/mol. The number of nitrogens with one attached hydrogen (secondary N) is 2. The molecule has 1 saturated carbocycles. The first kappa shape index (κ1) is 41.7.